The minimum absolute atomic E-state index is 0.153. The van der Waals surface area contributed by atoms with E-state index in [0.29, 0.717) is 11.4 Å². The number of carbonyl (C=O) groups is 1. The number of nitrogens with one attached hydrogen (secondary N) is 2. The molecule has 0 saturated carbocycles. The Kier molecular flexibility index (Phi) is 3.84. The molecule has 2 aromatic carbocycles. The van der Waals surface area contributed by atoms with Crippen molar-refractivity contribution < 1.29 is 4.79 Å². The Labute approximate surface area is 153 Å². The largest absolute Gasteiger partial charge is 0.375 e. The Morgan fingerprint density at radius 2 is 1.72 bits per heavy atom. The van der Waals surface area contributed by atoms with Gasteiger partial charge in [-0.05, 0) is 29.2 Å². The van der Waals surface area contributed by atoms with E-state index in [-0.39, 0.29) is 23.2 Å². The topological polar surface area (TPSA) is 41.1 Å². The highest BCUT2D eigenvalue weighted by Gasteiger charge is 2.42. The minimum Gasteiger partial charge on any atom is -0.375 e. The number of hydrogen-bond donors (Lipinski definition) is 2. The number of fused-ring (bicyclic) bond motifs is 2. The van der Waals surface area contributed by atoms with Crippen molar-refractivity contribution in [1.82, 2.24) is 0 Å². The Morgan fingerprint density at radius 3 is 2.48 bits per heavy atom. The fraction of sp³-hybridized carbons (Fsp3) is 0.286. The van der Waals surface area contributed by atoms with Gasteiger partial charge in [-0.3, -0.25) is 4.79 Å². The lowest BCUT2D eigenvalue weighted by Crippen LogP contribution is -2.36. The van der Waals surface area contributed by atoms with E-state index >= 15 is 0 Å². The Balaban J connectivity index is 1.90. The smallest absolute Gasteiger partial charge is 0.145 e. The average molecular weight is 353 g/mol. The average Bonchev–Trinajstić information content (AvgIpc) is 2.70. The highest BCUT2D eigenvalue weighted by Crippen LogP contribution is 2.46. The molecule has 1 aliphatic carbocycles. The number of Topliss-reactive ketones (excluding diaryl/α,β-unsaturated/α-hetero) is 1. The van der Waals surface area contributed by atoms with Crippen LogP contribution >= 0.6 is 11.6 Å². The molecule has 1 heterocycles. The summed E-state index contributed by atoms with van der Waals surface area (Å²) in [6, 6.07) is 15.6. The summed E-state index contributed by atoms with van der Waals surface area (Å²) >= 11 is 6.48. The zero-order valence-corrected chi connectivity index (χ0v) is 15.1. The van der Waals surface area contributed by atoms with E-state index in [0.717, 1.165) is 22.6 Å². The highest BCUT2D eigenvalue weighted by molar-refractivity contribution is 6.31. The molecule has 2 unspecified atom stereocenters. The van der Waals surface area contributed by atoms with Crippen LogP contribution in [0.15, 0.2) is 60.3 Å². The lowest BCUT2D eigenvalue weighted by atomic mass is 9.72. The maximum absolute atomic E-state index is 13.1. The molecule has 0 spiro atoms. The number of allylic oxidation sites excluding steroid dienone is 1. The number of rotatable bonds is 1. The molecule has 0 amide bonds. The van der Waals surface area contributed by atoms with Gasteiger partial charge in [-0.15, -0.1) is 0 Å². The van der Waals surface area contributed by atoms with Gasteiger partial charge in [-0.25, -0.2) is 0 Å². The van der Waals surface area contributed by atoms with Crippen LogP contribution in [-0.4, -0.2) is 5.78 Å². The van der Waals surface area contributed by atoms with Gasteiger partial charge in [-0.1, -0.05) is 61.9 Å². The molecule has 128 valence electrons. The van der Waals surface area contributed by atoms with Crippen molar-refractivity contribution in [1.29, 1.82) is 0 Å². The normalized spacial score (nSPS) is 24.1. The van der Waals surface area contributed by atoms with Crippen LogP contribution in [-0.2, 0) is 4.79 Å². The van der Waals surface area contributed by atoms with Gasteiger partial charge in [0.2, 0.25) is 0 Å². The molecule has 2 aromatic rings. The second-order valence-electron chi connectivity index (χ2n) is 7.52. The van der Waals surface area contributed by atoms with Gasteiger partial charge in [0.15, 0.2) is 0 Å². The van der Waals surface area contributed by atoms with Gasteiger partial charge in [0.1, 0.15) is 5.78 Å². The summed E-state index contributed by atoms with van der Waals surface area (Å²) in [6.45, 7) is 4.20. The monoisotopic (exact) mass is 352 g/mol. The molecule has 0 bridgehead atoms. The lowest BCUT2D eigenvalue weighted by Gasteiger charge is -2.35. The summed E-state index contributed by atoms with van der Waals surface area (Å²) < 4.78 is 0. The fourth-order valence-electron chi connectivity index (χ4n) is 3.88. The SMILES string of the molecule is CC1(C)C=C2Nc3ccccc3NC(c3ccccc3Cl)C2C(=O)C1. The van der Waals surface area contributed by atoms with E-state index in [1.165, 1.54) is 0 Å². The lowest BCUT2D eigenvalue weighted by molar-refractivity contribution is -0.124. The van der Waals surface area contributed by atoms with Gasteiger partial charge in [-0.2, -0.15) is 0 Å². The van der Waals surface area contributed by atoms with E-state index in [1.54, 1.807) is 0 Å². The predicted molar refractivity (Wildman–Crippen MR) is 103 cm³/mol. The highest BCUT2D eigenvalue weighted by atomic mass is 35.5. The maximum Gasteiger partial charge on any atom is 0.145 e. The fourth-order valence-corrected chi connectivity index (χ4v) is 4.14. The zero-order chi connectivity index (χ0) is 17.6. The van der Waals surface area contributed by atoms with Crippen LogP contribution in [0.4, 0.5) is 11.4 Å². The van der Waals surface area contributed by atoms with Gasteiger partial charge in [0.25, 0.3) is 0 Å². The Morgan fingerprint density at radius 1 is 1.04 bits per heavy atom. The number of anilines is 2. The van der Waals surface area contributed by atoms with Crippen molar-refractivity contribution in [2.75, 3.05) is 10.6 Å². The number of para-hydroxylation sites is 2. The Hall–Kier alpha value is -2.26. The number of halogens is 1. The predicted octanol–water partition coefficient (Wildman–Crippen LogP) is 5.42. The molecule has 2 atom stereocenters. The summed E-state index contributed by atoms with van der Waals surface area (Å²) in [5.74, 6) is -0.0412. The van der Waals surface area contributed by atoms with Crippen molar-refractivity contribution in [3.05, 3.63) is 70.9 Å². The molecule has 2 aliphatic rings. The van der Waals surface area contributed by atoms with Crippen LogP contribution in [0.5, 0.6) is 0 Å². The third-order valence-electron chi connectivity index (χ3n) is 4.95. The summed E-state index contributed by atoms with van der Waals surface area (Å²) in [7, 11) is 0. The molecule has 3 nitrogen and oxygen atoms in total. The summed E-state index contributed by atoms with van der Waals surface area (Å²) in [5.41, 5.74) is 3.72. The maximum atomic E-state index is 13.1. The van der Waals surface area contributed by atoms with E-state index in [1.807, 2.05) is 48.5 Å². The number of ketones is 1. The van der Waals surface area contributed by atoms with Crippen molar-refractivity contribution in [3.8, 4) is 0 Å². The minimum atomic E-state index is -0.277. The molecule has 2 N–H and O–H groups in total. The number of carbonyl (C=O) groups excluding carboxylic acids is 1. The molecule has 4 rings (SSSR count). The van der Waals surface area contributed by atoms with Crippen LogP contribution in [0.25, 0.3) is 0 Å². The first-order chi connectivity index (χ1) is 11.9. The first-order valence-corrected chi connectivity index (χ1v) is 8.95. The molecular formula is C21H21ClN2O. The second kappa shape index (κ2) is 5.92. The van der Waals surface area contributed by atoms with E-state index in [4.69, 9.17) is 11.6 Å². The van der Waals surface area contributed by atoms with Crippen LogP contribution < -0.4 is 10.6 Å². The summed E-state index contributed by atoms with van der Waals surface area (Å²) in [5, 5.41) is 7.74. The molecule has 0 radical (unpaired) electrons. The third kappa shape index (κ3) is 2.93. The first-order valence-electron chi connectivity index (χ1n) is 8.57. The van der Waals surface area contributed by atoms with Crippen LogP contribution in [0, 0.1) is 11.3 Å². The molecular weight excluding hydrogens is 332 g/mol. The van der Waals surface area contributed by atoms with Gasteiger partial charge >= 0.3 is 0 Å². The van der Waals surface area contributed by atoms with Crippen molar-refractivity contribution in [2.24, 2.45) is 11.3 Å². The van der Waals surface area contributed by atoms with E-state index in [2.05, 4.69) is 30.6 Å². The number of hydrogen-bond acceptors (Lipinski definition) is 3. The van der Waals surface area contributed by atoms with Gasteiger partial charge < -0.3 is 10.6 Å². The third-order valence-corrected chi connectivity index (χ3v) is 5.29. The quantitative estimate of drug-likeness (QED) is 0.720. The van der Waals surface area contributed by atoms with E-state index in [9.17, 15) is 4.79 Å². The molecule has 0 aromatic heterocycles. The zero-order valence-electron chi connectivity index (χ0n) is 14.3. The molecule has 4 heteroatoms. The Bertz CT molecular complexity index is 872. The van der Waals surface area contributed by atoms with Gasteiger partial charge in [0, 0.05) is 17.1 Å². The summed E-state index contributed by atoms with van der Waals surface area (Å²) in [6.07, 6.45) is 2.73. The molecule has 25 heavy (non-hydrogen) atoms. The standard InChI is InChI=1S/C21H21ClN2O/c1-21(2)11-17-19(18(25)12-21)20(13-7-3-4-8-14(13)22)24-16-10-6-5-9-15(16)23-17/h3-11,19-20,23-24H,12H2,1-2H3. The van der Waals surface area contributed by atoms with Crippen molar-refractivity contribution >= 4 is 28.8 Å². The molecule has 0 fully saturated rings. The number of benzene rings is 2. The van der Waals surface area contributed by atoms with Crippen LogP contribution in [0.2, 0.25) is 5.02 Å². The first kappa shape index (κ1) is 16.2. The second-order valence-corrected chi connectivity index (χ2v) is 7.93. The van der Waals surface area contributed by atoms with Gasteiger partial charge in [0.05, 0.1) is 23.3 Å². The van der Waals surface area contributed by atoms with Crippen LogP contribution in [0.1, 0.15) is 31.9 Å². The van der Waals surface area contributed by atoms with Crippen molar-refractivity contribution in [2.45, 2.75) is 26.3 Å². The molecule has 0 saturated heterocycles. The van der Waals surface area contributed by atoms with E-state index < -0.39 is 0 Å². The van der Waals surface area contributed by atoms with Crippen molar-refractivity contribution in [3.63, 3.8) is 0 Å². The summed E-state index contributed by atoms with van der Waals surface area (Å²) in [4.78, 5) is 13.1. The van der Waals surface area contributed by atoms with Crippen LogP contribution in [0.3, 0.4) is 0 Å². The molecule has 1 aliphatic heterocycles.